The Bertz CT molecular complexity index is 412. The van der Waals surface area contributed by atoms with Crippen molar-refractivity contribution in [3.63, 3.8) is 0 Å². The van der Waals surface area contributed by atoms with Gasteiger partial charge in [0.05, 0.1) is 13.0 Å². The van der Waals surface area contributed by atoms with Crippen molar-refractivity contribution in [3.05, 3.63) is 0 Å². The molecule has 7 heteroatoms. The van der Waals surface area contributed by atoms with Gasteiger partial charge in [-0.2, -0.15) is 0 Å². The molecule has 120 valence electrons. The minimum atomic E-state index is -1.05. The third kappa shape index (κ3) is 4.09. The summed E-state index contributed by atoms with van der Waals surface area (Å²) in [5.74, 6) is -1.91. The summed E-state index contributed by atoms with van der Waals surface area (Å²) in [6.07, 6.45) is 0.651. The molecular formula is C14H24N2O5. The van der Waals surface area contributed by atoms with Crippen molar-refractivity contribution in [2.24, 2.45) is 17.8 Å². The van der Waals surface area contributed by atoms with E-state index in [9.17, 15) is 19.5 Å². The smallest absolute Gasteiger partial charge is 0.326 e. The number of carboxylic acids is 1. The zero-order chi connectivity index (χ0) is 16.2. The first kappa shape index (κ1) is 17.3. The maximum Gasteiger partial charge on any atom is 0.326 e. The zero-order valence-electron chi connectivity index (χ0n) is 13.0. The molecule has 1 aliphatic heterocycles. The monoisotopic (exact) mass is 300 g/mol. The molecule has 4 unspecified atom stereocenters. The van der Waals surface area contributed by atoms with Crippen LogP contribution in [0.1, 0.15) is 27.2 Å². The summed E-state index contributed by atoms with van der Waals surface area (Å²) in [5, 5.41) is 11.7. The van der Waals surface area contributed by atoms with Crippen molar-refractivity contribution in [2.75, 3.05) is 20.2 Å². The molecule has 7 nitrogen and oxygen atoms in total. The molecule has 0 bridgehead atoms. The van der Waals surface area contributed by atoms with Crippen LogP contribution < -0.4 is 5.32 Å². The van der Waals surface area contributed by atoms with Crippen LogP contribution in [-0.4, -0.2) is 54.2 Å². The van der Waals surface area contributed by atoms with Crippen LogP contribution in [0.3, 0.4) is 0 Å². The molecule has 0 aromatic rings. The maximum atomic E-state index is 12.2. The summed E-state index contributed by atoms with van der Waals surface area (Å²) in [6.45, 7) is 6.20. The summed E-state index contributed by atoms with van der Waals surface area (Å²) in [7, 11) is 1.32. The number of carboxylic acid groups (broad SMARTS) is 1. The Kier molecular flexibility index (Phi) is 5.99. The van der Waals surface area contributed by atoms with Gasteiger partial charge in [-0.05, 0) is 11.8 Å². The van der Waals surface area contributed by atoms with E-state index in [0.29, 0.717) is 13.0 Å². The van der Waals surface area contributed by atoms with Gasteiger partial charge < -0.3 is 20.1 Å². The van der Waals surface area contributed by atoms with E-state index in [1.54, 1.807) is 6.92 Å². The zero-order valence-corrected chi connectivity index (χ0v) is 13.0. The number of hydrogen-bond acceptors (Lipinski definition) is 4. The Labute approximate surface area is 124 Å². The van der Waals surface area contributed by atoms with Crippen LogP contribution in [-0.2, 0) is 14.3 Å². The molecule has 0 aliphatic carbocycles. The number of esters is 1. The van der Waals surface area contributed by atoms with E-state index < -0.39 is 18.0 Å². The Hall–Kier alpha value is -1.79. The Morgan fingerprint density at radius 1 is 1.38 bits per heavy atom. The van der Waals surface area contributed by atoms with E-state index in [1.807, 2.05) is 13.8 Å². The van der Waals surface area contributed by atoms with E-state index >= 15 is 0 Å². The Morgan fingerprint density at radius 3 is 2.48 bits per heavy atom. The Morgan fingerprint density at radius 2 is 2.00 bits per heavy atom. The van der Waals surface area contributed by atoms with E-state index in [-0.39, 0.29) is 30.3 Å². The summed E-state index contributed by atoms with van der Waals surface area (Å²) < 4.78 is 4.72. The van der Waals surface area contributed by atoms with Crippen LogP contribution in [0.2, 0.25) is 0 Å². The van der Waals surface area contributed by atoms with Gasteiger partial charge in [0.25, 0.3) is 0 Å². The number of hydrogen-bond donors (Lipinski definition) is 2. The normalized spacial score (nSPS) is 24.3. The lowest BCUT2D eigenvalue weighted by atomic mass is 9.99. The number of nitrogens with one attached hydrogen (secondary N) is 1. The van der Waals surface area contributed by atoms with Crippen LogP contribution in [0.5, 0.6) is 0 Å². The maximum absolute atomic E-state index is 12.2. The number of rotatable bonds is 5. The van der Waals surface area contributed by atoms with Crippen LogP contribution in [0.4, 0.5) is 4.79 Å². The molecule has 2 amide bonds. The van der Waals surface area contributed by atoms with E-state index in [0.717, 1.165) is 0 Å². The fourth-order valence-corrected chi connectivity index (χ4v) is 2.50. The number of methoxy groups -OCH3 is 1. The van der Waals surface area contributed by atoms with Crippen molar-refractivity contribution in [1.29, 1.82) is 0 Å². The van der Waals surface area contributed by atoms with Crippen molar-refractivity contribution in [3.8, 4) is 0 Å². The number of nitrogens with zero attached hydrogens (tertiary/aromatic N) is 1. The Balaban J connectivity index is 2.68. The van der Waals surface area contributed by atoms with Crippen LogP contribution in [0.25, 0.3) is 0 Å². The molecule has 0 saturated carbocycles. The molecule has 1 saturated heterocycles. The predicted octanol–water partition coefficient (Wildman–Crippen LogP) is 0.936. The number of likely N-dealkylation sites (tertiary alicyclic amines) is 1. The van der Waals surface area contributed by atoms with Crippen molar-refractivity contribution < 1.29 is 24.2 Å². The van der Waals surface area contributed by atoms with Gasteiger partial charge in [-0.25, -0.2) is 9.59 Å². The van der Waals surface area contributed by atoms with Crippen LogP contribution >= 0.6 is 0 Å². The molecule has 0 radical (unpaired) electrons. The standard InChI is InChI=1S/C14H24N2O5/c1-5-8(2)11(12(17)18)15-14(20)16-6-9(3)10(7-16)13(19)21-4/h8-11H,5-7H2,1-4H3,(H,15,20)(H,17,18). The molecule has 1 fully saturated rings. The van der Waals surface area contributed by atoms with Crippen molar-refractivity contribution >= 4 is 18.0 Å². The van der Waals surface area contributed by atoms with Gasteiger partial charge in [0, 0.05) is 13.1 Å². The molecule has 0 aromatic carbocycles. The fourth-order valence-electron chi connectivity index (χ4n) is 2.50. The highest BCUT2D eigenvalue weighted by molar-refractivity contribution is 5.83. The van der Waals surface area contributed by atoms with Gasteiger partial charge in [0.2, 0.25) is 0 Å². The lowest BCUT2D eigenvalue weighted by Gasteiger charge is -2.24. The SMILES string of the molecule is CCC(C)C(NC(=O)N1CC(C)C(C(=O)OC)C1)C(=O)O. The topological polar surface area (TPSA) is 95.9 Å². The quantitative estimate of drug-likeness (QED) is 0.737. The average Bonchev–Trinajstić information content (AvgIpc) is 2.84. The third-order valence-corrected chi connectivity index (χ3v) is 4.16. The molecule has 1 aliphatic rings. The lowest BCUT2D eigenvalue weighted by molar-refractivity contribution is -0.146. The molecule has 4 atom stereocenters. The van der Waals surface area contributed by atoms with Gasteiger partial charge in [-0.15, -0.1) is 0 Å². The number of carbonyl (C=O) groups is 3. The van der Waals surface area contributed by atoms with Gasteiger partial charge in [-0.1, -0.05) is 27.2 Å². The molecule has 21 heavy (non-hydrogen) atoms. The van der Waals surface area contributed by atoms with Gasteiger partial charge >= 0.3 is 18.0 Å². The van der Waals surface area contributed by atoms with Crippen LogP contribution in [0, 0.1) is 17.8 Å². The second-order valence-corrected chi connectivity index (χ2v) is 5.66. The molecular weight excluding hydrogens is 276 g/mol. The minimum absolute atomic E-state index is 0.00456. The van der Waals surface area contributed by atoms with E-state index in [4.69, 9.17) is 4.74 Å². The molecule has 2 N–H and O–H groups in total. The highest BCUT2D eigenvalue weighted by atomic mass is 16.5. The molecule has 0 spiro atoms. The fraction of sp³-hybridized carbons (Fsp3) is 0.786. The van der Waals surface area contributed by atoms with Gasteiger partial charge in [0.15, 0.2) is 0 Å². The van der Waals surface area contributed by atoms with Crippen molar-refractivity contribution in [1.82, 2.24) is 10.2 Å². The van der Waals surface area contributed by atoms with Gasteiger partial charge in [0.1, 0.15) is 6.04 Å². The first-order chi connectivity index (χ1) is 9.81. The number of urea groups is 1. The summed E-state index contributed by atoms with van der Waals surface area (Å²) in [5.41, 5.74) is 0. The number of aliphatic carboxylic acids is 1. The van der Waals surface area contributed by atoms with Crippen molar-refractivity contribution in [2.45, 2.75) is 33.2 Å². The van der Waals surface area contributed by atoms with Crippen LogP contribution in [0.15, 0.2) is 0 Å². The number of amides is 2. The highest BCUT2D eigenvalue weighted by Gasteiger charge is 2.38. The molecule has 1 rings (SSSR count). The summed E-state index contributed by atoms with van der Waals surface area (Å²) in [4.78, 5) is 36.5. The third-order valence-electron chi connectivity index (χ3n) is 4.16. The molecule has 1 heterocycles. The second kappa shape index (κ2) is 7.28. The number of carbonyl (C=O) groups excluding carboxylic acids is 2. The largest absolute Gasteiger partial charge is 0.480 e. The van der Waals surface area contributed by atoms with Gasteiger partial charge in [-0.3, -0.25) is 4.79 Å². The summed E-state index contributed by atoms with van der Waals surface area (Å²) >= 11 is 0. The average molecular weight is 300 g/mol. The minimum Gasteiger partial charge on any atom is -0.480 e. The highest BCUT2D eigenvalue weighted by Crippen LogP contribution is 2.24. The lowest BCUT2D eigenvalue weighted by Crippen LogP contribution is -2.50. The first-order valence-corrected chi connectivity index (χ1v) is 7.17. The molecule has 0 aromatic heterocycles. The van der Waals surface area contributed by atoms with E-state index in [1.165, 1.54) is 12.0 Å². The second-order valence-electron chi connectivity index (χ2n) is 5.66. The van der Waals surface area contributed by atoms with E-state index in [2.05, 4.69) is 5.32 Å². The first-order valence-electron chi connectivity index (χ1n) is 7.17. The number of ether oxygens (including phenoxy) is 1. The predicted molar refractivity (Wildman–Crippen MR) is 75.7 cm³/mol. The summed E-state index contributed by atoms with van der Waals surface area (Å²) in [6, 6.07) is -1.36.